The minimum atomic E-state index is -1.07. The first-order valence-corrected chi connectivity index (χ1v) is 23.5. The van der Waals surface area contributed by atoms with Crippen LogP contribution in [0.25, 0.3) is 21.3 Å². The van der Waals surface area contributed by atoms with Gasteiger partial charge in [-0.3, -0.25) is 4.68 Å². The molecule has 324 valence electrons. The van der Waals surface area contributed by atoms with Gasteiger partial charge in [0, 0.05) is 47.6 Å². The molecule has 4 aromatic heterocycles. The van der Waals surface area contributed by atoms with Crippen LogP contribution in [0.15, 0.2) is 42.6 Å². The van der Waals surface area contributed by atoms with Crippen molar-refractivity contribution in [2.45, 2.75) is 131 Å². The van der Waals surface area contributed by atoms with E-state index < -0.39 is 5.97 Å². The van der Waals surface area contributed by atoms with Crippen molar-refractivity contribution in [2.24, 2.45) is 16.2 Å². The number of nitrogens with one attached hydrogen (secondary N) is 1. The maximum Gasteiger partial charge on any atom is 0.355 e. The molecule has 5 aromatic rings. The number of aromatic carboxylic acids is 1. The molecule has 4 atom stereocenters. The van der Waals surface area contributed by atoms with Gasteiger partial charge in [0.05, 0.1) is 28.6 Å². The second-order valence-electron chi connectivity index (χ2n) is 19.9. The molecule has 0 amide bonds. The quantitative estimate of drug-likeness (QED) is 0.124. The molecule has 4 aliphatic rings. The number of carboxylic acid groups (broad SMARTS) is 1. The molecular formula is C48H63N9O3S. The highest BCUT2D eigenvalue weighted by molar-refractivity contribution is 7.22. The average molecular weight is 846 g/mol. The highest BCUT2D eigenvalue weighted by Crippen LogP contribution is 2.65. The lowest BCUT2D eigenvalue weighted by Crippen LogP contribution is -2.55. The second-order valence-corrected chi connectivity index (χ2v) is 21.0. The molecule has 2 saturated carbocycles. The second kappa shape index (κ2) is 16.3. The summed E-state index contributed by atoms with van der Waals surface area (Å²) in [6.07, 6.45) is 15.6. The van der Waals surface area contributed by atoms with E-state index in [0.717, 1.165) is 102 Å². The molecule has 0 radical (unpaired) electrons. The largest absolute Gasteiger partial charge is 0.476 e. The number of hydrogen-bond acceptors (Lipinski definition) is 11. The maximum atomic E-state index is 13.0. The molecule has 2 N–H and O–H groups in total. The van der Waals surface area contributed by atoms with Crippen molar-refractivity contribution in [1.29, 1.82) is 0 Å². The Kier molecular flexibility index (Phi) is 11.2. The Labute approximate surface area is 364 Å². The minimum absolute atomic E-state index is 0.0126. The highest BCUT2D eigenvalue weighted by Gasteiger charge is 2.58. The lowest BCUT2D eigenvalue weighted by atomic mass is 9.46. The molecule has 12 nitrogen and oxygen atoms in total. The highest BCUT2D eigenvalue weighted by atomic mass is 32.1. The number of carboxylic acids is 1. The van der Waals surface area contributed by atoms with Gasteiger partial charge in [0.1, 0.15) is 5.82 Å². The summed E-state index contributed by atoms with van der Waals surface area (Å²) in [5.41, 5.74) is 5.68. The van der Waals surface area contributed by atoms with E-state index in [4.69, 9.17) is 19.8 Å². The van der Waals surface area contributed by atoms with Gasteiger partial charge in [-0.25, -0.2) is 14.8 Å². The van der Waals surface area contributed by atoms with Gasteiger partial charge in [0.25, 0.3) is 0 Å². The SMILES string of the molecule is CCC1(Cn2ncc(-c3ccc(N4CCCc5c4nnc(Nc4nc6ccccc6s4)c5C)nc3C(=O)O)c2C)C[C@@]2(C)CC(C)(OCCN3CCCCCC3)C[C@@](C)(C1)C2. The molecule has 9 rings (SSSR count). The smallest absolute Gasteiger partial charge is 0.355 e. The summed E-state index contributed by atoms with van der Waals surface area (Å²) < 4.78 is 10.1. The molecule has 13 heteroatoms. The van der Waals surface area contributed by atoms with Gasteiger partial charge in [-0.05, 0) is 139 Å². The zero-order valence-electron chi connectivity index (χ0n) is 37.0. The van der Waals surface area contributed by atoms with Crippen molar-refractivity contribution < 1.29 is 14.6 Å². The Morgan fingerprint density at radius 1 is 0.885 bits per heavy atom. The molecule has 61 heavy (non-hydrogen) atoms. The van der Waals surface area contributed by atoms with Crippen LogP contribution in [0.3, 0.4) is 0 Å². The summed E-state index contributed by atoms with van der Waals surface area (Å²) in [6.45, 7) is 19.6. The van der Waals surface area contributed by atoms with Crippen LogP contribution in [0.4, 0.5) is 22.6 Å². The van der Waals surface area contributed by atoms with Crippen molar-refractivity contribution in [3.63, 3.8) is 0 Å². The first-order valence-electron chi connectivity index (χ1n) is 22.7. The minimum Gasteiger partial charge on any atom is -0.476 e. The summed E-state index contributed by atoms with van der Waals surface area (Å²) in [4.78, 5) is 27.1. The fraction of sp³-hybridized carbons (Fsp3) is 0.583. The number of thiazole rings is 1. The maximum absolute atomic E-state index is 13.0. The summed E-state index contributed by atoms with van der Waals surface area (Å²) in [5, 5.41) is 29.0. The van der Waals surface area contributed by atoms with E-state index in [1.807, 2.05) is 41.4 Å². The van der Waals surface area contributed by atoms with E-state index in [9.17, 15) is 9.90 Å². The van der Waals surface area contributed by atoms with Gasteiger partial charge >= 0.3 is 5.97 Å². The zero-order chi connectivity index (χ0) is 42.6. The summed E-state index contributed by atoms with van der Waals surface area (Å²) in [5.74, 6) is 0.864. The van der Waals surface area contributed by atoms with Crippen LogP contribution in [0.2, 0.25) is 0 Å². The number of nitrogens with zero attached hydrogens (tertiary/aromatic N) is 8. The molecule has 2 aliphatic heterocycles. The molecule has 6 heterocycles. The van der Waals surface area contributed by atoms with Crippen LogP contribution in [0.5, 0.6) is 0 Å². The van der Waals surface area contributed by atoms with Gasteiger partial charge in [0.15, 0.2) is 22.5 Å². The number of aromatic nitrogens is 6. The third-order valence-electron chi connectivity index (χ3n) is 14.5. The Balaban J connectivity index is 0.923. The first kappa shape index (κ1) is 41.9. The molecule has 0 spiro atoms. The number of para-hydroxylation sites is 1. The molecule has 1 saturated heterocycles. The number of carbonyl (C=O) groups is 1. The molecule has 2 bridgehead atoms. The Hall–Kier alpha value is -4.46. The molecule has 3 fully saturated rings. The van der Waals surface area contributed by atoms with E-state index in [2.05, 4.69) is 72.7 Å². The Morgan fingerprint density at radius 2 is 1.64 bits per heavy atom. The van der Waals surface area contributed by atoms with Crippen molar-refractivity contribution in [2.75, 3.05) is 43.0 Å². The van der Waals surface area contributed by atoms with E-state index in [1.54, 1.807) is 11.3 Å². The van der Waals surface area contributed by atoms with Crippen LogP contribution < -0.4 is 10.2 Å². The molecule has 1 aromatic carbocycles. The van der Waals surface area contributed by atoms with E-state index in [1.165, 1.54) is 45.2 Å². The molecule has 2 unspecified atom stereocenters. The van der Waals surface area contributed by atoms with Crippen molar-refractivity contribution >= 4 is 50.1 Å². The Morgan fingerprint density at radius 3 is 2.36 bits per heavy atom. The normalized spacial score (nSPS) is 26.9. The number of ether oxygens (including phenoxy) is 1. The van der Waals surface area contributed by atoms with Crippen molar-refractivity contribution in [3.8, 4) is 11.1 Å². The molecular weight excluding hydrogens is 783 g/mol. The monoisotopic (exact) mass is 845 g/mol. The lowest BCUT2D eigenvalue weighted by Gasteiger charge is -2.61. The van der Waals surface area contributed by atoms with E-state index in [0.29, 0.717) is 29.6 Å². The third-order valence-corrected chi connectivity index (χ3v) is 15.5. The van der Waals surface area contributed by atoms with Gasteiger partial charge in [-0.2, -0.15) is 5.10 Å². The van der Waals surface area contributed by atoms with Crippen molar-refractivity contribution in [1.82, 2.24) is 34.8 Å². The number of benzene rings is 1. The number of fused-ring (bicyclic) bond motifs is 4. The summed E-state index contributed by atoms with van der Waals surface area (Å²) >= 11 is 1.58. The summed E-state index contributed by atoms with van der Waals surface area (Å²) in [7, 11) is 0. The van der Waals surface area contributed by atoms with Crippen molar-refractivity contribution in [3.05, 3.63) is 65.1 Å². The average Bonchev–Trinajstić information content (AvgIpc) is 3.68. The standard InChI is InChI=1S/C48H63N9O3S/c1-7-48(29-45(4)26-46(5,30-48)28-47(6,27-45)60-24-23-55-20-12-8-9-13-21-55)31-57-33(3)36(25-49-57)35-18-19-39(51-40(35)43(58)59)56-22-14-15-34-32(2)41(53-54-42(34)56)52-44-50-37-16-10-11-17-38(37)61-44/h10-11,16-19,25H,7-9,12-15,20-24,26-31H2,1-6H3,(H,58,59)(H,50,52,53)/t45-,46+,47?,48?. The lowest BCUT2D eigenvalue weighted by molar-refractivity contribution is -0.174. The number of rotatable bonds is 12. The summed E-state index contributed by atoms with van der Waals surface area (Å²) in [6, 6.07) is 11.9. The topological polar surface area (TPSA) is 134 Å². The predicted molar refractivity (Wildman–Crippen MR) is 243 cm³/mol. The fourth-order valence-electron chi connectivity index (χ4n) is 12.6. The number of pyridine rings is 1. The van der Waals surface area contributed by atoms with Gasteiger partial charge in [0.2, 0.25) is 0 Å². The number of likely N-dealkylation sites (tertiary alicyclic amines) is 1. The zero-order valence-corrected chi connectivity index (χ0v) is 37.8. The van der Waals surface area contributed by atoms with Gasteiger partial charge < -0.3 is 25.0 Å². The van der Waals surface area contributed by atoms with E-state index in [-0.39, 0.29) is 27.5 Å². The van der Waals surface area contributed by atoms with Crippen LogP contribution >= 0.6 is 11.3 Å². The van der Waals surface area contributed by atoms with Crippen LogP contribution in [-0.2, 0) is 17.7 Å². The van der Waals surface area contributed by atoms with Crippen LogP contribution in [-0.4, -0.2) is 84.3 Å². The number of anilines is 4. The number of hydrogen-bond donors (Lipinski definition) is 2. The van der Waals surface area contributed by atoms with Crippen LogP contribution in [0, 0.1) is 30.1 Å². The van der Waals surface area contributed by atoms with Gasteiger partial charge in [-0.15, -0.1) is 10.2 Å². The third kappa shape index (κ3) is 8.42. The van der Waals surface area contributed by atoms with Gasteiger partial charge in [-0.1, -0.05) is 57.1 Å². The van der Waals surface area contributed by atoms with Crippen LogP contribution in [0.1, 0.15) is 126 Å². The molecule has 2 aliphatic carbocycles. The predicted octanol–water partition coefficient (Wildman–Crippen LogP) is 10.5. The first-order chi connectivity index (χ1) is 29.3. The Bertz CT molecular complexity index is 2370. The fourth-order valence-corrected chi connectivity index (χ4v) is 13.5. The van der Waals surface area contributed by atoms with E-state index >= 15 is 0 Å².